The molecule has 0 atom stereocenters. The average Bonchev–Trinajstić information content (AvgIpc) is 3.24. The Balaban J connectivity index is 1.29. The Labute approximate surface area is 251 Å². The molecule has 2 aromatic heterocycles. The molecule has 0 spiro atoms. The number of benzene rings is 2. The van der Waals surface area contributed by atoms with Gasteiger partial charge in [-0.15, -0.1) is 0 Å². The number of aromatic nitrogens is 3. The number of nitrogens with zero attached hydrogens (tertiary/aromatic N) is 4. The zero-order chi connectivity index (χ0) is 30.7. The summed E-state index contributed by atoms with van der Waals surface area (Å²) in [5.41, 5.74) is 1.50. The van der Waals surface area contributed by atoms with Crippen LogP contribution in [0.5, 0.6) is 23.0 Å². The van der Waals surface area contributed by atoms with E-state index in [-0.39, 0.29) is 16.3 Å². The molecular weight excluding hydrogens is 573 g/mol. The Morgan fingerprint density at radius 2 is 1.81 bits per heavy atom. The quantitative estimate of drug-likeness (QED) is 0.211. The number of methoxy groups -OCH3 is 1. The molecule has 1 fully saturated rings. The molecule has 1 saturated heterocycles. The van der Waals surface area contributed by atoms with Gasteiger partial charge in [0, 0.05) is 37.3 Å². The summed E-state index contributed by atoms with van der Waals surface area (Å²) < 4.78 is 62.7. The maximum absolute atomic E-state index is 15.2. The van der Waals surface area contributed by atoms with E-state index in [1.807, 2.05) is 0 Å². The Hall–Kier alpha value is -3.90. The smallest absolute Gasteiger partial charge is 0.265 e. The first-order valence-electron chi connectivity index (χ1n) is 14.4. The lowest BCUT2D eigenvalue weighted by Crippen LogP contribution is -2.34. The molecule has 0 saturated carbocycles. The first-order chi connectivity index (χ1) is 20.6. The van der Waals surface area contributed by atoms with E-state index in [0.29, 0.717) is 46.1 Å². The van der Waals surface area contributed by atoms with E-state index in [2.05, 4.69) is 26.6 Å². The fourth-order valence-corrected chi connectivity index (χ4v) is 6.85. The molecular formula is C31H38FN5O5S. The number of likely N-dealkylation sites (tertiary alicyclic amines) is 1. The van der Waals surface area contributed by atoms with Crippen molar-refractivity contribution in [3.63, 3.8) is 0 Å². The van der Waals surface area contributed by atoms with E-state index in [1.165, 1.54) is 29.7 Å². The molecule has 1 N–H and O–H groups in total. The molecule has 0 amide bonds. The van der Waals surface area contributed by atoms with Crippen LogP contribution in [0.25, 0.3) is 10.9 Å². The van der Waals surface area contributed by atoms with Crippen molar-refractivity contribution >= 4 is 26.6 Å². The summed E-state index contributed by atoms with van der Waals surface area (Å²) in [6.07, 6.45) is 4.96. The topological polar surface area (TPSA) is 108 Å². The van der Waals surface area contributed by atoms with Crippen molar-refractivity contribution in [1.29, 1.82) is 0 Å². The Kier molecular flexibility index (Phi) is 9.07. The van der Waals surface area contributed by atoms with E-state index in [0.717, 1.165) is 38.0 Å². The second-order valence-corrected chi connectivity index (χ2v) is 12.7. The highest BCUT2D eigenvalue weighted by Gasteiger charge is 2.24. The normalized spacial score (nSPS) is 14.7. The molecule has 0 radical (unpaired) electrons. The molecule has 1 aliphatic rings. The Morgan fingerprint density at radius 3 is 2.49 bits per heavy atom. The van der Waals surface area contributed by atoms with Crippen LogP contribution in [0.1, 0.15) is 37.6 Å². The lowest BCUT2D eigenvalue weighted by molar-refractivity contribution is 0.176. The largest absolute Gasteiger partial charge is 0.493 e. The van der Waals surface area contributed by atoms with Crippen molar-refractivity contribution in [1.82, 2.24) is 19.7 Å². The first-order valence-corrected chi connectivity index (χ1v) is 15.9. The Bertz CT molecular complexity index is 1720. The SMILES string of the molecule is COc1cc2c(Oc3ccc(NS(=O)(=O)c4c(C)nn(C)c4C)cc3F)ccnc2cc1OCCCN1CCC(C)CC1. The predicted octanol–water partition coefficient (Wildman–Crippen LogP) is 5.83. The van der Waals surface area contributed by atoms with Gasteiger partial charge in [0.15, 0.2) is 23.1 Å². The first kappa shape index (κ1) is 30.6. The molecule has 0 unspecified atom stereocenters. The van der Waals surface area contributed by atoms with Crippen LogP contribution < -0.4 is 18.9 Å². The van der Waals surface area contributed by atoms with Crippen LogP contribution in [0.2, 0.25) is 0 Å². The van der Waals surface area contributed by atoms with Crippen LogP contribution in [0.15, 0.2) is 47.5 Å². The van der Waals surface area contributed by atoms with Gasteiger partial charge in [0.25, 0.3) is 10.0 Å². The molecule has 10 nitrogen and oxygen atoms in total. The second-order valence-electron chi connectivity index (χ2n) is 11.0. The number of fused-ring (bicyclic) bond motifs is 1. The number of sulfonamides is 1. The lowest BCUT2D eigenvalue weighted by atomic mass is 9.99. The highest BCUT2D eigenvalue weighted by molar-refractivity contribution is 7.92. The highest BCUT2D eigenvalue weighted by Crippen LogP contribution is 2.38. The summed E-state index contributed by atoms with van der Waals surface area (Å²) in [5.74, 6) is 1.45. The highest BCUT2D eigenvalue weighted by atomic mass is 32.2. The van der Waals surface area contributed by atoms with E-state index in [4.69, 9.17) is 14.2 Å². The lowest BCUT2D eigenvalue weighted by Gasteiger charge is -2.30. The summed E-state index contributed by atoms with van der Waals surface area (Å²) in [5, 5.41) is 4.77. The van der Waals surface area contributed by atoms with Crippen LogP contribution in [-0.4, -0.2) is 61.4 Å². The standard InChI is InChI=1S/C31H38FN5O5S/c1-20-10-14-37(15-11-20)13-6-16-41-30-19-26-24(18-29(30)40-5)27(9-12-33-26)42-28-8-7-23(17-25(28)32)35-43(38,39)31-21(2)34-36(4)22(31)3/h7-9,12,17-20,35H,6,10-11,13-16H2,1-5H3. The third kappa shape index (κ3) is 6.86. The van der Waals surface area contributed by atoms with Crippen molar-refractivity contribution in [3.8, 4) is 23.0 Å². The number of pyridine rings is 1. The summed E-state index contributed by atoms with van der Waals surface area (Å²) in [7, 11) is -0.750. The van der Waals surface area contributed by atoms with Crippen molar-refractivity contribution in [2.75, 3.05) is 38.1 Å². The average molecular weight is 612 g/mol. The van der Waals surface area contributed by atoms with Crippen LogP contribution >= 0.6 is 0 Å². The van der Waals surface area contributed by atoms with Gasteiger partial charge in [-0.05, 0) is 76.4 Å². The molecule has 12 heteroatoms. The van der Waals surface area contributed by atoms with Gasteiger partial charge in [-0.3, -0.25) is 14.4 Å². The number of rotatable bonds is 11. The van der Waals surface area contributed by atoms with Crippen molar-refractivity contribution in [2.45, 2.75) is 44.9 Å². The van der Waals surface area contributed by atoms with Gasteiger partial charge in [0.1, 0.15) is 10.6 Å². The van der Waals surface area contributed by atoms with E-state index in [1.54, 1.807) is 52.4 Å². The van der Waals surface area contributed by atoms with Crippen molar-refractivity contribution in [3.05, 3.63) is 59.8 Å². The minimum absolute atomic E-state index is 0.0606. The fourth-order valence-electron chi connectivity index (χ4n) is 5.36. The third-order valence-electron chi connectivity index (χ3n) is 7.85. The van der Waals surface area contributed by atoms with Gasteiger partial charge in [-0.25, -0.2) is 12.8 Å². The number of hydrogen-bond acceptors (Lipinski definition) is 8. The molecule has 1 aliphatic heterocycles. The summed E-state index contributed by atoms with van der Waals surface area (Å²) in [6.45, 7) is 9.39. The molecule has 43 heavy (non-hydrogen) atoms. The van der Waals surface area contributed by atoms with Crippen LogP contribution in [0, 0.1) is 25.6 Å². The van der Waals surface area contributed by atoms with E-state index < -0.39 is 15.8 Å². The van der Waals surface area contributed by atoms with Crippen LogP contribution in [0.3, 0.4) is 0 Å². The predicted molar refractivity (Wildman–Crippen MR) is 163 cm³/mol. The molecule has 4 aromatic rings. The van der Waals surface area contributed by atoms with Crippen LogP contribution in [-0.2, 0) is 17.1 Å². The fraction of sp³-hybridized carbons (Fsp3) is 0.419. The molecule has 5 rings (SSSR count). The molecule has 230 valence electrons. The molecule has 0 aliphatic carbocycles. The van der Waals surface area contributed by atoms with Crippen LogP contribution in [0.4, 0.5) is 10.1 Å². The van der Waals surface area contributed by atoms with Crippen molar-refractivity contribution < 1.29 is 27.0 Å². The zero-order valence-corrected chi connectivity index (χ0v) is 26.0. The van der Waals surface area contributed by atoms with Gasteiger partial charge < -0.3 is 19.1 Å². The zero-order valence-electron chi connectivity index (χ0n) is 25.2. The molecule has 0 bridgehead atoms. The van der Waals surface area contributed by atoms with Gasteiger partial charge in [0.05, 0.1) is 36.3 Å². The summed E-state index contributed by atoms with van der Waals surface area (Å²) >= 11 is 0. The Morgan fingerprint density at radius 1 is 1.05 bits per heavy atom. The van der Waals surface area contributed by atoms with E-state index in [9.17, 15) is 8.42 Å². The molecule has 2 aromatic carbocycles. The van der Waals surface area contributed by atoms with E-state index >= 15 is 4.39 Å². The monoisotopic (exact) mass is 611 g/mol. The maximum Gasteiger partial charge on any atom is 0.265 e. The van der Waals surface area contributed by atoms with Gasteiger partial charge in [-0.2, -0.15) is 5.10 Å². The number of ether oxygens (including phenoxy) is 3. The number of nitrogens with one attached hydrogen (secondary N) is 1. The molecule has 3 heterocycles. The van der Waals surface area contributed by atoms with Crippen molar-refractivity contribution in [2.24, 2.45) is 13.0 Å². The number of anilines is 1. The van der Waals surface area contributed by atoms with Gasteiger partial charge in [-0.1, -0.05) is 6.92 Å². The number of halogens is 1. The number of aryl methyl sites for hydroxylation is 2. The third-order valence-corrected chi connectivity index (χ3v) is 9.49. The van der Waals surface area contributed by atoms with Gasteiger partial charge >= 0.3 is 0 Å². The minimum atomic E-state index is -3.98. The number of hydrogen-bond donors (Lipinski definition) is 1. The summed E-state index contributed by atoms with van der Waals surface area (Å²) in [4.78, 5) is 6.99. The summed E-state index contributed by atoms with van der Waals surface area (Å²) in [6, 6.07) is 9.08. The second kappa shape index (κ2) is 12.8. The van der Waals surface area contributed by atoms with Gasteiger partial charge in [0.2, 0.25) is 0 Å². The number of piperidine rings is 1. The minimum Gasteiger partial charge on any atom is -0.493 e. The maximum atomic E-state index is 15.2.